The van der Waals surface area contributed by atoms with Gasteiger partial charge in [0.25, 0.3) is 5.91 Å². The first-order valence-electron chi connectivity index (χ1n) is 8.79. The Kier molecular flexibility index (Phi) is 6.13. The van der Waals surface area contributed by atoms with Crippen LogP contribution in [0.4, 0.5) is 0 Å². The van der Waals surface area contributed by atoms with Crippen LogP contribution in [0.2, 0.25) is 0 Å². The van der Waals surface area contributed by atoms with Crippen molar-refractivity contribution in [2.45, 2.75) is 24.6 Å². The first-order chi connectivity index (χ1) is 12.6. The minimum Gasteiger partial charge on any atom is -0.345 e. The lowest BCUT2D eigenvalue weighted by molar-refractivity contribution is 0.0934. The van der Waals surface area contributed by atoms with Crippen LogP contribution in [-0.2, 0) is 0 Å². The maximum atomic E-state index is 12.7. The van der Waals surface area contributed by atoms with E-state index in [4.69, 9.17) is 12.6 Å². The highest BCUT2D eigenvalue weighted by Gasteiger charge is 2.19. The normalized spacial score (nSPS) is 13.0. The number of carbonyl (C=O) groups excluding carboxylic acids is 1. The smallest absolute Gasteiger partial charge is 0.251 e. The quantitative estimate of drug-likeness (QED) is 0.556. The second kappa shape index (κ2) is 8.72. The number of amides is 1. The van der Waals surface area contributed by atoms with Crippen molar-refractivity contribution in [3.63, 3.8) is 0 Å². The van der Waals surface area contributed by atoms with Crippen LogP contribution in [0.15, 0.2) is 84.9 Å². The van der Waals surface area contributed by atoms with Crippen molar-refractivity contribution in [1.82, 2.24) is 5.32 Å². The lowest BCUT2D eigenvalue weighted by Crippen LogP contribution is -2.29. The molecule has 1 amide bonds. The van der Waals surface area contributed by atoms with Gasteiger partial charge in [0.2, 0.25) is 0 Å². The molecule has 0 aliphatic carbocycles. The van der Waals surface area contributed by atoms with Crippen LogP contribution in [0.3, 0.4) is 0 Å². The van der Waals surface area contributed by atoms with Crippen LogP contribution in [0.1, 0.15) is 44.8 Å². The maximum Gasteiger partial charge on any atom is 0.251 e. The van der Waals surface area contributed by atoms with E-state index in [2.05, 4.69) is 17.4 Å². The Morgan fingerprint density at radius 1 is 0.846 bits per heavy atom. The second-order valence-electron chi connectivity index (χ2n) is 6.46. The van der Waals surface area contributed by atoms with E-state index >= 15 is 0 Å². The number of aryl methyl sites for hydroxylation is 1. The summed E-state index contributed by atoms with van der Waals surface area (Å²) in [5, 5.41) is 3.22. The van der Waals surface area contributed by atoms with Gasteiger partial charge in [-0.15, -0.1) is 0 Å². The van der Waals surface area contributed by atoms with Gasteiger partial charge in [-0.2, -0.15) is 12.6 Å². The summed E-state index contributed by atoms with van der Waals surface area (Å²) >= 11 is 4.78. The molecule has 2 nitrogen and oxygen atoms in total. The maximum absolute atomic E-state index is 12.7. The number of nitrogens with one attached hydrogen (secondary N) is 1. The number of carbonyl (C=O) groups is 1. The zero-order chi connectivity index (χ0) is 18.4. The molecular weight excluding hydrogens is 338 g/mol. The zero-order valence-corrected chi connectivity index (χ0v) is 15.7. The van der Waals surface area contributed by atoms with Gasteiger partial charge in [-0.1, -0.05) is 78.4 Å². The van der Waals surface area contributed by atoms with Gasteiger partial charge in [0, 0.05) is 10.8 Å². The third kappa shape index (κ3) is 4.77. The van der Waals surface area contributed by atoms with Crippen molar-refractivity contribution in [1.29, 1.82) is 0 Å². The molecule has 3 aromatic carbocycles. The van der Waals surface area contributed by atoms with E-state index < -0.39 is 0 Å². The summed E-state index contributed by atoms with van der Waals surface area (Å²) in [5.74, 6) is -0.0625. The van der Waals surface area contributed by atoms with Gasteiger partial charge in [-0.25, -0.2) is 0 Å². The average molecular weight is 362 g/mol. The number of hydrogen-bond acceptors (Lipinski definition) is 2. The number of hydrogen-bond donors (Lipinski definition) is 2. The summed E-state index contributed by atoms with van der Waals surface area (Å²) in [5.41, 5.74) is 4.05. The molecule has 0 radical (unpaired) electrons. The third-order valence-corrected chi connectivity index (χ3v) is 4.97. The molecule has 0 fully saturated rings. The molecule has 0 unspecified atom stereocenters. The van der Waals surface area contributed by atoms with Crippen LogP contribution >= 0.6 is 12.6 Å². The van der Waals surface area contributed by atoms with Gasteiger partial charge in [-0.3, -0.25) is 4.79 Å². The highest BCUT2D eigenvalue weighted by atomic mass is 32.1. The first kappa shape index (κ1) is 18.3. The van der Waals surface area contributed by atoms with E-state index in [0.29, 0.717) is 5.56 Å². The van der Waals surface area contributed by atoms with Gasteiger partial charge in [0.05, 0.1) is 6.04 Å². The Morgan fingerprint density at radius 3 is 1.96 bits per heavy atom. The molecule has 1 N–H and O–H groups in total. The van der Waals surface area contributed by atoms with Gasteiger partial charge < -0.3 is 5.32 Å². The lowest BCUT2D eigenvalue weighted by atomic mass is 9.98. The predicted molar refractivity (Wildman–Crippen MR) is 111 cm³/mol. The van der Waals surface area contributed by atoms with Crippen molar-refractivity contribution in [2.24, 2.45) is 0 Å². The Morgan fingerprint density at radius 2 is 1.38 bits per heavy atom. The minimum atomic E-state index is -0.104. The van der Waals surface area contributed by atoms with Gasteiger partial charge in [0.15, 0.2) is 0 Å². The number of benzene rings is 3. The van der Waals surface area contributed by atoms with E-state index in [1.54, 1.807) is 0 Å². The largest absolute Gasteiger partial charge is 0.345 e. The van der Waals surface area contributed by atoms with Crippen molar-refractivity contribution >= 4 is 18.5 Å². The van der Waals surface area contributed by atoms with Crippen LogP contribution in [0.5, 0.6) is 0 Å². The fourth-order valence-corrected chi connectivity index (χ4v) is 3.33. The van der Waals surface area contributed by atoms with Crippen molar-refractivity contribution in [2.75, 3.05) is 0 Å². The van der Waals surface area contributed by atoms with Crippen LogP contribution in [0, 0.1) is 6.92 Å². The first-order valence-corrected chi connectivity index (χ1v) is 9.30. The summed E-state index contributed by atoms with van der Waals surface area (Å²) < 4.78 is 0. The van der Waals surface area contributed by atoms with E-state index in [9.17, 15) is 4.79 Å². The van der Waals surface area contributed by atoms with Crippen LogP contribution in [0.25, 0.3) is 0 Å². The van der Waals surface area contributed by atoms with E-state index in [1.807, 2.05) is 79.7 Å². The molecule has 132 valence electrons. The zero-order valence-electron chi connectivity index (χ0n) is 14.8. The summed E-state index contributed by atoms with van der Waals surface area (Å²) in [7, 11) is 0. The molecular formula is C23H23NOS. The summed E-state index contributed by atoms with van der Waals surface area (Å²) in [6.45, 7) is 2.01. The van der Waals surface area contributed by atoms with E-state index in [1.165, 1.54) is 0 Å². The third-order valence-electron chi connectivity index (χ3n) is 4.46. The van der Waals surface area contributed by atoms with E-state index in [0.717, 1.165) is 23.1 Å². The molecule has 0 aromatic heterocycles. The Labute approximate surface area is 160 Å². The minimum absolute atomic E-state index is 0.0414. The Hall–Kier alpha value is -2.52. The van der Waals surface area contributed by atoms with Crippen LogP contribution < -0.4 is 5.32 Å². The SMILES string of the molecule is Cc1ccc(C(=O)N[C@H](C[C@H](S)c2ccccc2)c2ccccc2)cc1. The van der Waals surface area contributed by atoms with Crippen molar-refractivity contribution in [3.05, 3.63) is 107 Å². The molecule has 0 spiro atoms. The van der Waals surface area contributed by atoms with Crippen LogP contribution in [-0.4, -0.2) is 5.91 Å². The molecule has 26 heavy (non-hydrogen) atoms. The molecule has 3 rings (SSSR count). The molecule has 0 saturated heterocycles. The Balaban J connectivity index is 1.79. The lowest BCUT2D eigenvalue weighted by Gasteiger charge is -2.23. The van der Waals surface area contributed by atoms with Gasteiger partial charge >= 0.3 is 0 Å². The summed E-state index contributed by atoms with van der Waals surface area (Å²) in [6.07, 6.45) is 0.717. The monoisotopic (exact) mass is 361 g/mol. The predicted octanol–water partition coefficient (Wildman–Crippen LogP) is 5.53. The molecule has 0 aliphatic rings. The molecule has 0 aliphatic heterocycles. The van der Waals surface area contributed by atoms with Crippen molar-refractivity contribution in [3.8, 4) is 0 Å². The average Bonchev–Trinajstić information content (AvgIpc) is 2.69. The van der Waals surface area contributed by atoms with Gasteiger partial charge in [-0.05, 0) is 36.6 Å². The molecule has 3 heteroatoms. The molecule has 0 saturated carbocycles. The number of rotatable bonds is 6. The number of thiol groups is 1. The molecule has 3 aromatic rings. The van der Waals surface area contributed by atoms with E-state index in [-0.39, 0.29) is 17.2 Å². The highest BCUT2D eigenvalue weighted by Crippen LogP contribution is 2.31. The summed E-state index contributed by atoms with van der Waals surface area (Å²) in [6, 6.07) is 27.8. The summed E-state index contributed by atoms with van der Waals surface area (Å²) in [4.78, 5) is 12.7. The standard InChI is InChI=1S/C23H23NOS/c1-17-12-14-20(15-13-17)23(25)24-21(18-8-4-2-5-9-18)16-22(26)19-10-6-3-7-11-19/h2-15,21-22,26H,16H2,1H3,(H,24,25)/t21-,22+/m1/s1. The highest BCUT2D eigenvalue weighted by molar-refractivity contribution is 7.80. The molecule has 2 atom stereocenters. The molecule has 0 heterocycles. The molecule has 0 bridgehead atoms. The van der Waals surface area contributed by atoms with Gasteiger partial charge in [0.1, 0.15) is 0 Å². The Bertz CT molecular complexity index is 831. The second-order valence-corrected chi connectivity index (χ2v) is 7.09. The fourth-order valence-electron chi connectivity index (χ4n) is 2.94. The topological polar surface area (TPSA) is 29.1 Å². The fraction of sp³-hybridized carbons (Fsp3) is 0.174. The van der Waals surface area contributed by atoms with Crippen molar-refractivity contribution < 1.29 is 4.79 Å².